The molecule has 0 fully saturated rings. The van der Waals surface area contributed by atoms with Gasteiger partial charge < -0.3 is 0 Å². The van der Waals surface area contributed by atoms with Crippen LogP contribution in [-0.2, 0) is 0 Å². The summed E-state index contributed by atoms with van der Waals surface area (Å²) in [7, 11) is 0. The average Bonchev–Trinajstić information content (AvgIpc) is 1.72. The zero-order valence-electron chi connectivity index (χ0n) is 3.98. The Kier molecular flexibility index (Phi) is 4.10. The molecule has 0 aromatic rings. The molecule has 0 amide bonds. The maximum absolute atomic E-state index is 2.27. The Labute approximate surface area is 49.6 Å². The molecule has 1 rings (SSSR count). The molecule has 0 aromatic heterocycles. The van der Waals surface area contributed by atoms with Crippen molar-refractivity contribution in [3.63, 3.8) is 0 Å². The summed E-state index contributed by atoms with van der Waals surface area (Å²) in [6.07, 6.45) is 10.0. The second-order valence-corrected chi connectivity index (χ2v) is 1.76. The molecule has 1 aliphatic rings. The second-order valence-electron chi connectivity index (χ2n) is 1.76. The van der Waals surface area contributed by atoms with Crippen LogP contribution in [0.1, 0.15) is 25.7 Å². The van der Waals surface area contributed by atoms with Gasteiger partial charge in [-0.1, -0.05) is 12.2 Å². The standard InChI is InChI=1S/C6H10.H4Si/c1-2-4-6-5-3-1;/h1-2H,3-6H2;1H4. The fourth-order valence-corrected chi connectivity index (χ4v) is 0.760. The molecule has 0 atom stereocenters. The monoisotopic (exact) mass is 114 g/mol. The van der Waals surface area contributed by atoms with Crippen molar-refractivity contribution < 1.29 is 0 Å². The molecule has 7 heavy (non-hydrogen) atoms. The normalized spacial score (nSPS) is 18.3. The van der Waals surface area contributed by atoms with Crippen molar-refractivity contribution in [3.8, 4) is 0 Å². The molecule has 42 valence electrons. The molecular weight excluding hydrogens is 100 g/mol. The van der Waals surface area contributed by atoms with Crippen molar-refractivity contribution in [3.05, 3.63) is 12.2 Å². The fraction of sp³-hybridized carbons (Fsp3) is 0.667. The fourth-order valence-electron chi connectivity index (χ4n) is 0.760. The van der Waals surface area contributed by atoms with Crippen molar-refractivity contribution in [2.75, 3.05) is 0 Å². The highest BCUT2D eigenvalue weighted by Crippen LogP contribution is 2.07. The van der Waals surface area contributed by atoms with Crippen LogP contribution < -0.4 is 0 Å². The molecule has 0 aromatic carbocycles. The third kappa shape index (κ3) is 2.63. The van der Waals surface area contributed by atoms with E-state index in [-0.39, 0.29) is 11.0 Å². The van der Waals surface area contributed by atoms with Crippen LogP contribution in [0.25, 0.3) is 0 Å². The third-order valence-electron chi connectivity index (χ3n) is 1.16. The molecular formula is C6H14Si. The van der Waals surface area contributed by atoms with Gasteiger partial charge in [-0.2, -0.15) is 0 Å². The highest BCUT2D eigenvalue weighted by atomic mass is 28.1. The number of rotatable bonds is 0. The lowest BCUT2D eigenvalue weighted by molar-refractivity contribution is 0.730. The zero-order chi connectivity index (χ0) is 4.24. The van der Waals surface area contributed by atoms with E-state index in [0.29, 0.717) is 0 Å². The van der Waals surface area contributed by atoms with E-state index in [0.717, 1.165) is 0 Å². The molecule has 0 saturated heterocycles. The Morgan fingerprint density at radius 2 is 1.29 bits per heavy atom. The van der Waals surface area contributed by atoms with Gasteiger partial charge in [0.1, 0.15) is 0 Å². The Morgan fingerprint density at radius 1 is 0.857 bits per heavy atom. The molecule has 1 heteroatoms. The number of hydrogen-bond donors (Lipinski definition) is 0. The van der Waals surface area contributed by atoms with Crippen LogP contribution in [0.3, 0.4) is 0 Å². The topological polar surface area (TPSA) is 0 Å². The minimum atomic E-state index is 0. The van der Waals surface area contributed by atoms with Gasteiger partial charge in [0.05, 0.1) is 0 Å². The molecule has 1 aliphatic carbocycles. The molecule has 0 nitrogen and oxygen atoms in total. The summed E-state index contributed by atoms with van der Waals surface area (Å²) in [5.74, 6) is 0. The molecule has 0 N–H and O–H groups in total. The van der Waals surface area contributed by atoms with E-state index in [1.165, 1.54) is 25.7 Å². The minimum Gasteiger partial charge on any atom is -0.0885 e. The largest absolute Gasteiger partial charge is 0.0885 e. The van der Waals surface area contributed by atoms with Crippen LogP contribution >= 0.6 is 0 Å². The van der Waals surface area contributed by atoms with Gasteiger partial charge in [0, 0.05) is 0 Å². The van der Waals surface area contributed by atoms with E-state index >= 15 is 0 Å². The predicted molar refractivity (Wildman–Crippen MR) is 38.9 cm³/mol. The zero-order valence-corrected chi connectivity index (χ0v) is 3.98. The smallest absolute Gasteiger partial charge is 0.0149 e. The highest BCUT2D eigenvalue weighted by molar-refractivity contribution is 5.75. The van der Waals surface area contributed by atoms with E-state index in [1.807, 2.05) is 0 Å². The van der Waals surface area contributed by atoms with Gasteiger partial charge in [0.25, 0.3) is 0 Å². The van der Waals surface area contributed by atoms with Crippen LogP contribution in [0.2, 0.25) is 0 Å². The summed E-state index contributed by atoms with van der Waals surface area (Å²) in [4.78, 5) is 0. The van der Waals surface area contributed by atoms with Gasteiger partial charge in [0.15, 0.2) is 0 Å². The SMILES string of the molecule is C1=CCCCC1.[SiH4]. The van der Waals surface area contributed by atoms with Crippen LogP contribution in [0.4, 0.5) is 0 Å². The molecule has 0 saturated carbocycles. The molecule has 0 heterocycles. The molecule has 0 bridgehead atoms. The van der Waals surface area contributed by atoms with E-state index < -0.39 is 0 Å². The lowest BCUT2D eigenvalue weighted by Crippen LogP contribution is -1.77. The second kappa shape index (κ2) is 4.12. The minimum absolute atomic E-state index is 0. The molecule has 0 spiro atoms. The number of allylic oxidation sites excluding steroid dienone is 2. The summed E-state index contributed by atoms with van der Waals surface area (Å²) in [6.45, 7) is 0. The summed E-state index contributed by atoms with van der Waals surface area (Å²) in [5, 5.41) is 0. The van der Waals surface area contributed by atoms with E-state index in [9.17, 15) is 0 Å². The molecule has 0 aliphatic heterocycles. The van der Waals surface area contributed by atoms with Crippen molar-refractivity contribution >= 4 is 11.0 Å². The summed E-state index contributed by atoms with van der Waals surface area (Å²) < 4.78 is 0. The van der Waals surface area contributed by atoms with Crippen LogP contribution in [0.15, 0.2) is 12.2 Å². The Hall–Kier alpha value is -0.0431. The van der Waals surface area contributed by atoms with E-state index in [1.54, 1.807) is 0 Å². The summed E-state index contributed by atoms with van der Waals surface area (Å²) >= 11 is 0. The van der Waals surface area contributed by atoms with Gasteiger partial charge in [0.2, 0.25) is 0 Å². The quantitative estimate of drug-likeness (QED) is 0.321. The maximum atomic E-state index is 2.27. The first-order valence-corrected chi connectivity index (χ1v) is 2.65. The average molecular weight is 114 g/mol. The first kappa shape index (κ1) is 6.96. The van der Waals surface area contributed by atoms with Gasteiger partial charge >= 0.3 is 0 Å². The van der Waals surface area contributed by atoms with E-state index in [4.69, 9.17) is 0 Å². The summed E-state index contributed by atoms with van der Waals surface area (Å²) in [6, 6.07) is 0. The first-order chi connectivity index (χ1) is 3.00. The number of hydrogen-bond acceptors (Lipinski definition) is 0. The van der Waals surface area contributed by atoms with Crippen LogP contribution in [-0.4, -0.2) is 11.0 Å². The molecule has 0 radical (unpaired) electrons. The highest BCUT2D eigenvalue weighted by Gasteiger charge is 1.87. The maximum Gasteiger partial charge on any atom is -0.0149 e. The summed E-state index contributed by atoms with van der Waals surface area (Å²) in [5.41, 5.74) is 0. The Bertz CT molecular complexity index is 49.2. The van der Waals surface area contributed by atoms with Crippen molar-refractivity contribution in [1.29, 1.82) is 0 Å². The first-order valence-electron chi connectivity index (χ1n) is 2.65. The van der Waals surface area contributed by atoms with Crippen molar-refractivity contribution in [2.24, 2.45) is 0 Å². The van der Waals surface area contributed by atoms with E-state index in [2.05, 4.69) is 12.2 Å². The van der Waals surface area contributed by atoms with Gasteiger partial charge in [-0.05, 0) is 36.6 Å². The third-order valence-corrected chi connectivity index (χ3v) is 1.16. The van der Waals surface area contributed by atoms with Crippen molar-refractivity contribution in [2.45, 2.75) is 25.7 Å². The lowest BCUT2D eigenvalue weighted by Gasteiger charge is -1.97. The predicted octanol–water partition coefficient (Wildman–Crippen LogP) is 0.665. The van der Waals surface area contributed by atoms with Crippen molar-refractivity contribution in [1.82, 2.24) is 0 Å². The Balaban J connectivity index is 0.000000360. The van der Waals surface area contributed by atoms with Gasteiger partial charge in [-0.25, -0.2) is 0 Å². The van der Waals surface area contributed by atoms with Crippen LogP contribution in [0.5, 0.6) is 0 Å². The Morgan fingerprint density at radius 3 is 1.43 bits per heavy atom. The van der Waals surface area contributed by atoms with Gasteiger partial charge in [-0.3, -0.25) is 0 Å². The lowest BCUT2D eigenvalue weighted by atomic mass is 10.1. The van der Waals surface area contributed by atoms with Gasteiger partial charge in [-0.15, -0.1) is 0 Å². The molecule has 0 unspecified atom stereocenters. The van der Waals surface area contributed by atoms with Crippen LogP contribution in [0, 0.1) is 0 Å².